The van der Waals surface area contributed by atoms with Crippen LogP contribution in [0, 0.1) is 0 Å². The molecule has 1 aliphatic heterocycles. The molecular weight excluding hydrogens is 220 g/mol. The summed E-state index contributed by atoms with van der Waals surface area (Å²) in [6.07, 6.45) is 1.30. The summed E-state index contributed by atoms with van der Waals surface area (Å²) in [4.78, 5) is 2.21. The highest BCUT2D eigenvalue weighted by Gasteiger charge is 2.20. The van der Waals surface area contributed by atoms with Crippen molar-refractivity contribution in [2.75, 3.05) is 24.6 Å². The third kappa shape index (κ3) is 1.93. The average Bonchev–Trinajstić information content (AvgIpc) is 2.86. The van der Waals surface area contributed by atoms with Crippen molar-refractivity contribution in [3.63, 3.8) is 0 Å². The molecule has 0 radical (unpaired) electrons. The molecule has 0 amide bonds. The molecule has 1 atom stereocenters. The smallest absolute Gasteiger partial charge is 0.200 e. The highest BCUT2D eigenvalue weighted by molar-refractivity contribution is 5.44. The molecule has 0 saturated carbocycles. The zero-order valence-electron chi connectivity index (χ0n) is 9.65. The quantitative estimate of drug-likeness (QED) is 0.736. The lowest BCUT2D eigenvalue weighted by molar-refractivity contribution is 0.0381. The van der Waals surface area contributed by atoms with Crippen LogP contribution >= 0.6 is 0 Å². The van der Waals surface area contributed by atoms with Crippen LogP contribution in [0.1, 0.15) is 13.3 Å². The number of rotatable bonds is 2. The van der Waals surface area contributed by atoms with Gasteiger partial charge >= 0.3 is 0 Å². The van der Waals surface area contributed by atoms with Gasteiger partial charge in [0.1, 0.15) is 0 Å². The first-order valence-corrected chi connectivity index (χ1v) is 5.79. The van der Waals surface area contributed by atoms with Gasteiger partial charge in [0.15, 0.2) is 11.5 Å². The highest BCUT2D eigenvalue weighted by atomic mass is 16.5. The summed E-state index contributed by atoms with van der Waals surface area (Å²) in [5, 5.41) is 15.6. The van der Waals surface area contributed by atoms with Crippen LogP contribution in [0.2, 0.25) is 0 Å². The maximum absolute atomic E-state index is 5.63. The SMILES string of the molecule is CC[C@H]1CN(c2ccc3nnnn3n2)CCO1. The fourth-order valence-electron chi connectivity index (χ4n) is 1.98. The molecule has 0 unspecified atom stereocenters. The van der Waals surface area contributed by atoms with E-state index in [2.05, 4.69) is 32.4 Å². The van der Waals surface area contributed by atoms with E-state index < -0.39 is 0 Å². The Morgan fingerprint density at radius 1 is 1.47 bits per heavy atom. The molecule has 1 saturated heterocycles. The minimum atomic E-state index is 0.287. The molecule has 2 aromatic heterocycles. The lowest BCUT2D eigenvalue weighted by atomic mass is 10.2. The van der Waals surface area contributed by atoms with E-state index >= 15 is 0 Å². The first-order valence-electron chi connectivity index (χ1n) is 5.79. The normalized spacial score (nSPS) is 21.0. The predicted molar refractivity (Wildman–Crippen MR) is 60.8 cm³/mol. The third-order valence-corrected chi connectivity index (χ3v) is 2.97. The van der Waals surface area contributed by atoms with E-state index in [1.54, 1.807) is 0 Å². The van der Waals surface area contributed by atoms with Crippen LogP contribution in [0.15, 0.2) is 12.1 Å². The molecule has 0 aromatic carbocycles. The van der Waals surface area contributed by atoms with Gasteiger partial charge < -0.3 is 9.64 Å². The van der Waals surface area contributed by atoms with Crippen LogP contribution in [-0.2, 0) is 4.74 Å². The first-order chi connectivity index (χ1) is 8.36. The summed E-state index contributed by atoms with van der Waals surface area (Å²) in [5.74, 6) is 0.895. The van der Waals surface area contributed by atoms with Gasteiger partial charge in [-0.1, -0.05) is 6.92 Å². The predicted octanol–water partition coefficient (Wildman–Crippen LogP) is 0.134. The molecule has 7 heteroatoms. The molecule has 90 valence electrons. The average molecular weight is 234 g/mol. The molecule has 3 heterocycles. The number of ether oxygens (including phenoxy) is 1. The van der Waals surface area contributed by atoms with Gasteiger partial charge in [-0.15, -0.1) is 14.8 Å². The fourth-order valence-corrected chi connectivity index (χ4v) is 1.98. The molecule has 2 aromatic rings. The second-order valence-electron chi connectivity index (χ2n) is 4.07. The van der Waals surface area contributed by atoms with Crippen molar-refractivity contribution >= 4 is 11.5 Å². The zero-order valence-corrected chi connectivity index (χ0v) is 9.65. The Kier molecular flexibility index (Phi) is 2.60. The Bertz CT molecular complexity index is 512. The maximum atomic E-state index is 5.63. The minimum Gasteiger partial charge on any atom is -0.375 e. The Balaban J connectivity index is 1.86. The lowest BCUT2D eigenvalue weighted by Gasteiger charge is -2.32. The third-order valence-electron chi connectivity index (χ3n) is 2.97. The van der Waals surface area contributed by atoms with Gasteiger partial charge in [-0.3, -0.25) is 0 Å². The summed E-state index contributed by atoms with van der Waals surface area (Å²) in [6, 6.07) is 3.82. The summed E-state index contributed by atoms with van der Waals surface area (Å²) < 4.78 is 7.08. The summed E-state index contributed by atoms with van der Waals surface area (Å²) >= 11 is 0. The minimum absolute atomic E-state index is 0.287. The van der Waals surface area contributed by atoms with Crippen molar-refractivity contribution in [3.8, 4) is 0 Å². The Hall–Kier alpha value is -1.76. The number of anilines is 1. The Labute approximate surface area is 98.4 Å². The molecule has 17 heavy (non-hydrogen) atoms. The van der Waals surface area contributed by atoms with Crippen molar-refractivity contribution < 1.29 is 4.74 Å². The van der Waals surface area contributed by atoms with E-state index in [4.69, 9.17) is 4.74 Å². The van der Waals surface area contributed by atoms with Crippen molar-refractivity contribution in [1.29, 1.82) is 0 Å². The molecule has 1 aliphatic rings. The van der Waals surface area contributed by atoms with Crippen LogP contribution in [0.3, 0.4) is 0 Å². The van der Waals surface area contributed by atoms with Crippen LogP contribution in [0.5, 0.6) is 0 Å². The number of hydrogen-bond acceptors (Lipinski definition) is 6. The van der Waals surface area contributed by atoms with Crippen molar-refractivity contribution in [3.05, 3.63) is 12.1 Å². The van der Waals surface area contributed by atoms with Gasteiger partial charge in [-0.05, 0) is 29.0 Å². The van der Waals surface area contributed by atoms with E-state index in [0.29, 0.717) is 5.65 Å². The van der Waals surface area contributed by atoms with Crippen LogP contribution < -0.4 is 4.90 Å². The van der Waals surface area contributed by atoms with Gasteiger partial charge in [0.2, 0.25) is 0 Å². The largest absolute Gasteiger partial charge is 0.375 e. The van der Waals surface area contributed by atoms with Gasteiger partial charge in [0.05, 0.1) is 12.7 Å². The second-order valence-corrected chi connectivity index (χ2v) is 4.07. The number of morpholine rings is 1. The molecular formula is C10H14N6O. The summed E-state index contributed by atoms with van der Waals surface area (Å²) in [6.45, 7) is 4.61. The van der Waals surface area contributed by atoms with E-state index in [0.717, 1.165) is 31.9 Å². The van der Waals surface area contributed by atoms with Crippen LogP contribution in [0.25, 0.3) is 5.65 Å². The number of fused-ring (bicyclic) bond motifs is 1. The molecule has 0 aliphatic carbocycles. The van der Waals surface area contributed by atoms with Crippen LogP contribution in [0.4, 0.5) is 5.82 Å². The van der Waals surface area contributed by atoms with Crippen molar-refractivity contribution in [2.45, 2.75) is 19.4 Å². The summed E-state index contributed by atoms with van der Waals surface area (Å²) in [5.41, 5.74) is 0.661. The maximum Gasteiger partial charge on any atom is 0.200 e. The van der Waals surface area contributed by atoms with Crippen molar-refractivity contribution in [2.24, 2.45) is 0 Å². The van der Waals surface area contributed by atoms with Crippen LogP contribution in [-0.4, -0.2) is 51.1 Å². The molecule has 1 fully saturated rings. The van der Waals surface area contributed by atoms with Crippen molar-refractivity contribution in [1.82, 2.24) is 25.3 Å². The standard InChI is InChI=1S/C10H14N6O/c1-2-8-7-15(5-6-17-8)10-4-3-9-11-13-14-16(9)12-10/h3-4,8H,2,5-7H2,1H3/t8-/m0/s1. The molecule has 0 spiro atoms. The lowest BCUT2D eigenvalue weighted by Crippen LogP contribution is -2.42. The van der Waals surface area contributed by atoms with E-state index in [-0.39, 0.29) is 6.10 Å². The second kappa shape index (κ2) is 4.25. The Morgan fingerprint density at radius 3 is 3.29 bits per heavy atom. The highest BCUT2D eigenvalue weighted by Crippen LogP contribution is 2.16. The van der Waals surface area contributed by atoms with E-state index in [1.165, 1.54) is 4.63 Å². The molecule has 7 nitrogen and oxygen atoms in total. The zero-order chi connectivity index (χ0) is 11.7. The molecule has 0 bridgehead atoms. The van der Waals surface area contributed by atoms with E-state index in [1.807, 2.05) is 12.1 Å². The number of hydrogen-bond donors (Lipinski definition) is 0. The Morgan fingerprint density at radius 2 is 2.41 bits per heavy atom. The number of aromatic nitrogens is 5. The number of nitrogens with zero attached hydrogens (tertiary/aromatic N) is 6. The monoisotopic (exact) mass is 234 g/mol. The summed E-state index contributed by atoms with van der Waals surface area (Å²) in [7, 11) is 0. The fraction of sp³-hybridized carbons (Fsp3) is 0.600. The molecule has 3 rings (SSSR count). The van der Waals surface area contributed by atoms with Gasteiger partial charge in [-0.25, -0.2) is 0 Å². The molecule has 0 N–H and O–H groups in total. The van der Waals surface area contributed by atoms with Gasteiger partial charge in [0, 0.05) is 13.1 Å². The topological polar surface area (TPSA) is 68.4 Å². The van der Waals surface area contributed by atoms with Gasteiger partial charge in [0.25, 0.3) is 0 Å². The first kappa shape index (κ1) is 10.4. The van der Waals surface area contributed by atoms with Gasteiger partial charge in [-0.2, -0.15) is 0 Å². The van der Waals surface area contributed by atoms with E-state index in [9.17, 15) is 0 Å². The number of tetrazole rings is 1.